The number of rotatable bonds is 0. The van der Waals surface area contributed by atoms with Crippen molar-refractivity contribution in [3.05, 3.63) is 41.5 Å². The van der Waals surface area contributed by atoms with E-state index in [1.165, 1.54) is 10.7 Å². The number of nitrogens with two attached hydrogens (primary N) is 1. The molecular formula is C16H12N7Si+. The first-order valence-corrected chi connectivity index (χ1v) is 7.65. The first-order valence-electron chi connectivity index (χ1n) is 7.20. The predicted molar refractivity (Wildman–Crippen MR) is 91.0 cm³/mol. The lowest BCUT2D eigenvalue weighted by Gasteiger charge is -1.96. The maximum atomic E-state index is 5.93. The highest BCUT2D eigenvalue weighted by Crippen LogP contribution is 2.26. The fourth-order valence-corrected chi connectivity index (χ4v) is 2.86. The van der Waals surface area contributed by atoms with Crippen LogP contribution in [0, 0.1) is 18.8 Å². The summed E-state index contributed by atoms with van der Waals surface area (Å²) in [7, 11) is 5.35. The number of benzene rings is 1. The van der Waals surface area contributed by atoms with Crippen molar-refractivity contribution in [2.75, 3.05) is 5.73 Å². The summed E-state index contributed by atoms with van der Waals surface area (Å²) in [5, 5.41) is 4.30. The molecule has 0 spiro atoms. The summed E-state index contributed by atoms with van der Waals surface area (Å²) in [5.74, 6) is 8.05. The molecule has 0 bridgehead atoms. The summed E-state index contributed by atoms with van der Waals surface area (Å²) in [4.78, 5) is 12.7. The van der Waals surface area contributed by atoms with Gasteiger partial charge in [-0.2, -0.15) is 9.31 Å². The van der Waals surface area contributed by atoms with Crippen LogP contribution in [-0.2, 0) is 7.05 Å². The van der Waals surface area contributed by atoms with Gasteiger partial charge in [0.05, 0.1) is 11.0 Å². The van der Waals surface area contributed by atoms with Crippen molar-refractivity contribution in [1.29, 1.82) is 0 Å². The van der Waals surface area contributed by atoms with E-state index in [0.717, 1.165) is 22.4 Å². The summed E-state index contributed by atoms with van der Waals surface area (Å²) < 4.78 is 3.51. The van der Waals surface area contributed by atoms with E-state index in [4.69, 9.17) is 5.73 Å². The fourth-order valence-electron chi connectivity index (χ4n) is 2.59. The van der Waals surface area contributed by atoms with E-state index in [2.05, 4.69) is 41.9 Å². The van der Waals surface area contributed by atoms with E-state index >= 15 is 0 Å². The minimum atomic E-state index is 0.351. The minimum absolute atomic E-state index is 0.351. The van der Waals surface area contributed by atoms with Crippen molar-refractivity contribution >= 4 is 38.4 Å². The van der Waals surface area contributed by atoms with Gasteiger partial charge in [-0.05, 0) is 36.0 Å². The van der Waals surface area contributed by atoms with Crippen LogP contribution in [0.15, 0.2) is 29.6 Å². The Labute approximate surface area is 141 Å². The van der Waals surface area contributed by atoms with E-state index in [1.807, 2.05) is 36.7 Å². The van der Waals surface area contributed by atoms with Crippen LogP contribution in [-0.4, -0.2) is 39.6 Å². The molecule has 0 saturated carbocycles. The number of hydrazone groups is 1. The van der Waals surface area contributed by atoms with Gasteiger partial charge in [-0.1, -0.05) is 11.0 Å². The summed E-state index contributed by atoms with van der Waals surface area (Å²) >= 11 is 0. The van der Waals surface area contributed by atoms with Crippen molar-refractivity contribution in [2.45, 2.75) is 6.92 Å². The van der Waals surface area contributed by atoms with Crippen LogP contribution in [0.2, 0.25) is 0 Å². The van der Waals surface area contributed by atoms with Crippen LogP contribution >= 0.6 is 0 Å². The SMILES string of the molecule is Cc1nc2cc(C#CC3=N[N+](=[Si])c4ncnc(N)c43)ccc2n1C. The van der Waals surface area contributed by atoms with Gasteiger partial charge in [0.2, 0.25) is 6.33 Å². The largest absolute Gasteiger partial charge is 0.383 e. The molecule has 0 amide bonds. The Morgan fingerprint density at radius 2 is 2.08 bits per heavy atom. The van der Waals surface area contributed by atoms with Gasteiger partial charge in [-0.15, -0.1) is 0 Å². The maximum Gasteiger partial charge on any atom is 0.369 e. The average Bonchev–Trinajstić information content (AvgIpc) is 3.04. The molecule has 0 atom stereocenters. The molecule has 4 rings (SSSR count). The molecule has 2 radical (unpaired) electrons. The van der Waals surface area contributed by atoms with Crippen molar-refractivity contribution in [1.82, 2.24) is 19.5 Å². The first-order chi connectivity index (χ1) is 11.5. The third kappa shape index (κ3) is 2.14. The molecule has 0 fully saturated rings. The van der Waals surface area contributed by atoms with Gasteiger partial charge in [0.1, 0.15) is 17.2 Å². The van der Waals surface area contributed by atoms with Gasteiger partial charge in [0.15, 0.2) is 5.71 Å². The Balaban J connectivity index is 1.76. The zero-order chi connectivity index (χ0) is 16.8. The molecule has 1 aromatic carbocycles. The number of anilines is 1. The van der Waals surface area contributed by atoms with Gasteiger partial charge in [-0.25, -0.2) is 4.98 Å². The van der Waals surface area contributed by atoms with Crippen LogP contribution in [0.1, 0.15) is 17.0 Å². The normalized spacial score (nSPS) is 12.8. The Hall–Kier alpha value is -3.18. The molecule has 1 aliphatic rings. The van der Waals surface area contributed by atoms with Gasteiger partial charge in [0.25, 0.3) is 0 Å². The van der Waals surface area contributed by atoms with Gasteiger partial charge in [0, 0.05) is 12.6 Å². The number of hydrogen-bond donors (Lipinski definition) is 1. The molecule has 8 heteroatoms. The number of nitrogen functional groups attached to an aromatic ring is 1. The second-order valence-electron chi connectivity index (χ2n) is 5.39. The predicted octanol–water partition coefficient (Wildman–Crippen LogP) is 1.02. The zero-order valence-corrected chi connectivity index (χ0v) is 14.1. The second-order valence-corrected chi connectivity index (χ2v) is 5.81. The van der Waals surface area contributed by atoms with Crippen molar-refractivity contribution < 1.29 is 4.33 Å². The average molecular weight is 330 g/mol. The smallest absolute Gasteiger partial charge is 0.369 e. The molecule has 0 saturated heterocycles. The van der Waals surface area contributed by atoms with Crippen LogP contribution in [0.4, 0.5) is 11.6 Å². The molecule has 0 aliphatic carbocycles. The van der Waals surface area contributed by atoms with Gasteiger partial charge >= 0.3 is 15.9 Å². The first kappa shape index (κ1) is 14.4. The summed E-state index contributed by atoms with van der Waals surface area (Å²) in [6, 6.07) is 5.93. The summed E-state index contributed by atoms with van der Waals surface area (Å²) in [5.41, 5.74) is 9.93. The molecule has 0 unspecified atom stereocenters. The number of aromatic nitrogens is 4. The fraction of sp³-hybridized carbons (Fsp3) is 0.125. The second kappa shape index (κ2) is 5.18. The molecule has 3 heterocycles. The number of imidazole rings is 1. The lowest BCUT2D eigenvalue weighted by Crippen LogP contribution is -2.03. The number of aryl methyl sites for hydroxylation is 2. The molecule has 114 valence electrons. The standard InChI is InChI=1S/C16H12N7Si/c1-9-20-12-7-10(4-6-13(12)22(9)2)3-5-11-14-15(17)18-8-19-16(14)23(24)21-11/h4,6-8H,1-2H3,(H2,17,18,19)/q+1. The summed E-state index contributed by atoms with van der Waals surface area (Å²) in [6.07, 6.45) is 1.39. The molecule has 2 aromatic heterocycles. The molecule has 7 nitrogen and oxygen atoms in total. The van der Waals surface area contributed by atoms with Gasteiger partial charge < -0.3 is 10.3 Å². The highest BCUT2D eigenvalue weighted by Gasteiger charge is 2.29. The minimum Gasteiger partial charge on any atom is -0.383 e. The molecule has 1 aliphatic heterocycles. The topological polar surface area (TPSA) is 85.0 Å². The van der Waals surface area contributed by atoms with E-state index in [1.54, 1.807) is 0 Å². The zero-order valence-electron chi connectivity index (χ0n) is 13.1. The lowest BCUT2D eigenvalue weighted by molar-refractivity contribution is -0.426. The Morgan fingerprint density at radius 1 is 1.25 bits per heavy atom. The molecular weight excluding hydrogens is 318 g/mol. The van der Waals surface area contributed by atoms with E-state index < -0.39 is 0 Å². The maximum absolute atomic E-state index is 5.93. The van der Waals surface area contributed by atoms with E-state index in [0.29, 0.717) is 22.9 Å². The van der Waals surface area contributed by atoms with Crippen molar-refractivity contribution in [3.63, 3.8) is 0 Å². The monoisotopic (exact) mass is 330 g/mol. The third-order valence-electron chi connectivity index (χ3n) is 3.92. The van der Waals surface area contributed by atoms with Gasteiger partial charge in [-0.3, -0.25) is 0 Å². The van der Waals surface area contributed by atoms with Crippen LogP contribution in [0.3, 0.4) is 0 Å². The quantitative estimate of drug-likeness (QED) is 0.493. The Bertz CT molecular complexity index is 1110. The molecule has 3 aromatic rings. The highest BCUT2D eigenvalue weighted by molar-refractivity contribution is 6.18. The van der Waals surface area contributed by atoms with Crippen LogP contribution in [0.5, 0.6) is 0 Å². The highest BCUT2D eigenvalue weighted by atomic mass is 28.1. The Kier molecular flexibility index (Phi) is 3.11. The Morgan fingerprint density at radius 3 is 2.92 bits per heavy atom. The lowest BCUT2D eigenvalue weighted by atomic mass is 10.1. The molecule has 24 heavy (non-hydrogen) atoms. The van der Waals surface area contributed by atoms with E-state index in [9.17, 15) is 0 Å². The van der Waals surface area contributed by atoms with E-state index in [-0.39, 0.29) is 0 Å². The van der Waals surface area contributed by atoms with Crippen molar-refractivity contribution in [2.24, 2.45) is 12.1 Å². The third-order valence-corrected chi connectivity index (χ3v) is 4.24. The number of fused-ring (bicyclic) bond motifs is 2. The van der Waals surface area contributed by atoms with Crippen LogP contribution < -0.4 is 5.73 Å². The van der Waals surface area contributed by atoms with Crippen LogP contribution in [0.25, 0.3) is 11.0 Å². The number of hydrogen-bond acceptors (Lipinski definition) is 5. The molecule has 2 N–H and O–H groups in total. The number of nitrogens with zero attached hydrogens (tertiary/aromatic N) is 6. The van der Waals surface area contributed by atoms with Crippen molar-refractivity contribution in [3.8, 4) is 11.8 Å². The summed E-state index contributed by atoms with van der Waals surface area (Å²) in [6.45, 7) is 1.97.